The van der Waals surface area contributed by atoms with E-state index in [9.17, 15) is 4.79 Å². The summed E-state index contributed by atoms with van der Waals surface area (Å²) in [6.45, 7) is 4.01. The lowest BCUT2D eigenvalue weighted by Crippen LogP contribution is -2.30. The normalized spacial score (nSPS) is 18.0. The third-order valence-electron chi connectivity index (χ3n) is 4.23. The summed E-state index contributed by atoms with van der Waals surface area (Å²) < 4.78 is 1.71. The number of nitrogens with two attached hydrogens (primary N) is 1. The van der Waals surface area contributed by atoms with Crippen LogP contribution in [-0.4, -0.2) is 40.2 Å². The van der Waals surface area contributed by atoms with Crippen LogP contribution in [0.3, 0.4) is 0 Å². The molecule has 0 radical (unpaired) electrons. The summed E-state index contributed by atoms with van der Waals surface area (Å²) in [6.07, 6.45) is 2.59. The number of amides is 1. The summed E-state index contributed by atoms with van der Waals surface area (Å²) in [5.41, 5.74) is 7.90. The molecule has 0 bridgehead atoms. The standard InChI is InChI=1S/C16H19ClN4O/c1-11-13(16(22)20-7-6-12(8-18)10-20)9-19-21(11)15-5-3-2-4-14(15)17/h2-5,9,12H,6-8,10,18H2,1H3. The number of aromatic nitrogens is 2. The van der Waals surface area contributed by atoms with Crippen LogP contribution in [0, 0.1) is 12.8 Å². The zero-order chi connectivity index (χ0) is 15.7. The number of hydrogen-bond donors (Lipinski definition) is 1. The lowest BCUT2D eigenvalue weighted by molar-refractivity contribution is 0.0787. The first-order valence-electron chi connectivity index (χ1n) is 7.40. The Bertz CT molecular complexity index is 697. The highest BCUT2D eigenvalue weighted by Gasteiger charge is 2.28. The van der Waals surface area contributed by atoms with Crippen molar-refractivity contribution in [2.45, 2.75) is 13.3 Å². The van der Waals surface area contributed by atoms with Crippen LogP contribution in [0.15, 0.2) is 30.5 Å². The summed E-state index contributed by atoms with van der Waals surface area (Å²) >= 11 is 6.21. The van der Waals surface area contributed by atoms with Crippen molar-refractivity contribution in [2.75, 3.05) is 19.6 Å². The van der Waals surface area contributed by atoms with Gasteiger partial charge in [0.25, 0.3) is 5.91 Å². The minimum Gasteiger partial charge on any atom is -0.338 e. The summed E-state index contributed by atoms with van der Waals surface area (Å²) in [4.78, 5) is 14.5. The van der Waals surface area contributed by atoms with E-state index in [1.807, 2.05) is 36.1 Å². The van der Waals surface area contributed by atoms with E-state index in [1.165, 1.54) is 0 Å². The lowest BCUT2D eigenvalue weighted by Gasteiger charge is -2.16. The molecule has 3 rings (SSSR count). The molecule has 1 aromatic carbocycles. The fraction of sp³-hybridized carbons (Fsp3) is 0.375. The number of likely N-dealkylation sites (tertiary alicyclic amines) is 1. The van der Waals surface area contributed by atoms with Gasteiger partial charge >= 0.3 is 0 Å². The fourth-order valence-corrected chi connectivity index (χ4v) is 3.08. The average Bonchev–Trinajstić information content (AvgIpc) is 3.14. The SMILES string of the molecule is Cc1c(C(=O)N2CCC(CN)C2)cnn1-c1ccccc1Cl. The number of carbonyl (C=O) groups is 1. The van der Waals surface area contributed by atoms with Gasteiger partial charge in [0.05, 0.1) is 28.2 Å². The smallest absolute Gasteiger partial charge is 0.257 e. The largest absolute Gasteiger partial charge is 0.338 e. The van der Waals surface area contributed by atoms with Gasteiger partial charge in [-0.2, -0.15) is 5.10 Å². The number of rotatable bonds is 3. The third kappa shape index (κ3) is 2.62. The summed E-state index contributed by atoms with van der Waals surface area (Å²) in [5, 5.41) is 4.95. The molecule has 0 aliphatic carbocycles. The van der Waals surface area contributed by atoms with Gasteiger partial charge in [-0.25, -0.2) is 4.68 Å². The van der Waals surface area contributed by atoms with Gasteiger partial charge in [0.1, 0.15) is 0 Å². The van der Waals surface area contributed by atoms with E-state index in [1.54, 1.807) is 10.9 Å². The number of hydrogen-bond acceptors (Lipinski definition) is 3. The first kappa shape index (κ1) is 15.1. The molecule has 116 valence electrons. The predicted molar refractivity (Wildman–Crippen MR) is 86.4 cm³/mol. The molecule has 1 unspecified atom stereocenters. The first-order valence-corrected chi connectivity index (χ1v) is 7.78. The Hall–Kier alpha value is -1.85. The highest BCUT2D eigenvalue weighted by molar-refractivity contribution is 6.32. The van der Waals surface area contributed by atoms with Crippen molar-refractivity contribution in [3.8, 4) is 5.69 Å². The molecular formula is C16H19ClN4O. The number of para-hydroxylation sites is 1. The molecule has 1 aliphatic heterocycles. The van der Waals surface area contributed by atoms with E-state index in [4.69, 9.17) is 17.3 Å². The van der Waals surface area contributed by atoms with Crippen LogP contribution in [-0.2, 0) is 0 Å². The Morgan fingerprint density at radius 2 is 2.23 bits per heavy atom. The van der Waals surface area contributed by atoms with Gasteiger partial charge in [0.2, 0.25) is 0 Å². The van der Waals surface area contributed by atoms with Crippen LogP contribution in [0.5, 0.6) is 0 Å². The van der Waals surface area contributed by atoms with Gasteiger partial charge in [0.15, 0.2) is 0 Å². The molecule has 2 N–H and O–H groups in total. The van der Waals surface area contributed by atoms with Gasteiger partial charge in [-0.1, -0.05) is 23.7 Å². The topological polar surface area (TPSA) is 64.2 Å². The monoisotopic (exact) mass is 318 g/mol. The number of benzene rings is 1. The highest BCUT2D eigenvalue weighted by Crippen LogP contribution is 2.24. The van der Waals surface area contributed by atoms with Crippen molar-refractivity contribution in [3.05, 3.63) is 46.7 Å². The Labute approximate surface area is 134 Å². The van der Waals surface area contributed by atoms with Crippen molar-refractivity contribution >= 4 is 17.5 Å². The van der Waals surface area contributed by atoms with E-state index in [2.05, 4.69) is 5.10 Å². The van der Waals surface area contributed by atoms with E-state index >= 15 is 0 Å². The predicted octanol–water partition coefficient (Wildman–Crippen LogP) is 2.25. The zero-order valence-electron chi connectivity index (χ0n) is 12.5. The van der Waals surface area contributed by atoms with Crippen LogP contribution in [0.25, 0.3) is 5.69 Å². The number of carbonyl (C=O) groups excluding carboxylic acids is 1. The molecular weight excluding hydrogens is 300 g/mol. The Morgan fingerprint density at radius 3 is 2.91 bits per heavy atom. The minimum absolute atomic E-state index is 0.0201. The van der Waals surface area contributed by atoms with E-state index in [-0.39, 0.29) is 5.91 Å². The van der Waals surface area contributed by atoms with Crippen molar-refractivity contribution in [1.29, 1.82) is 0 Å². The molecule has 2 aromatic rings. The van der Waals surface area contributed by atoms with Gasteiger partial charge in [-0.05, 0) is 37.9 Å². The molecule has 22 heavy (non-hydrogen) atoms. The fourth-order valence-electron chi connectivity index (χ4n) is 2.87. The highest BCUT2D eigenvalue weighted by atomic mass is 35.5. The van der Waals surface area contributed by atoms with Crippen molar-refractivity contribution in [3.63, 3.8) is 0 Å². The van der Waals surface area contributed by atoms with Crippen LogP contribution in [0.4, 0.5) is 0 Å². The molecule has 0 saturated carbocycles. The summed E-state index contributed by atoms with van der Waals surface area (Å²) in [7, 11) is 0. The Balaban J connectivity index is 1.88. The summed E-state index contributed by atoms with van der Waals surface area (Å²) in [6, 6.07) is 7.47. The maximum absolute atomic E-state index is 12.7. The Kier molecular flexibility index (Phi) is 4.18. The second-order valence-electron chi connectivity index (χ2n) is 5.65. The quantitative estimate of drug-likeness (QED) is 0.944. The van der Waals surface area contributed by atoms with Gasteiger partial charge in [0, 0.05) is 13.1 Å². The van der Waals surface area contributed by atoms with Crippen molar-refractivity contribution in [1.82, 2.24) is 14.7 Å². The van der Waals surface area contributed by atoms with Crippen LogP contribution in [0.1, 0.15) is 22.5 Å². The summed E-state index contributed by atoms with van der Waals surface area (Å²) in [5.74, 6) is 0.426. The number of nitrogens with zero attached hydrogens (tertiary/aromatic N) is 3. The second-order valence-corrected chi connectivity index (χ2v) is 6.06. The maximum atomic E-state index is 12.7. The lowest BCUT2D eigenvalue weighted by atomic mass is 10.1. The minimum atomic E-state index is 0.0201. The third-order valence-corrected chi connectivity index (χ3v) is 4.55. The van der Waals surface area contributed by atoms with Gasteiger partial charge in [-0.15, -0.1) is 0 Å². The molecule has 1 fully saturated rings. The van der Waals surface area contributed by atoms with Gasteiger partial charge in [-0.3, -0.25) is 4.79 Å². The van der Waals surface area contributed by atoms with Crippen molar-refractivity contribution in [2.24, 2.45) is 11.7 Å². The van der Waals surface area contributed by atoms with Crippen molar-refractivity contribution < 1.29 is 4.79 Å². The molecule has 6 heteroatoms. The van der Waals surface area contributed by atoms with Crippen LogP contribution < -0.4 is 5.73 Å². The maximum Gasteiger partial charge on any atom is 0.257 e. The van der Waals surface area contributed by atoms with E-state index < -0.39 is 0 Å². The number of halogens is 1. The molecule has 1 aliphatic rings. The molecule has 1 amide bonds. The molecule has 1 saturated heterocycles. The Morgan fingerprint density at radius 1 is 1.45 bits per heavy atom. The molecule has 5 nitrogen and oxygen atoms in total. The molecule has 0 spiro atoms. The van der Waals surface area contributed by atoms with Crippen LogP contribution >= 0.6 is 11.6 Å². The van der Waals surface area contributed by atoms with E-state index in [0.717, 1.165) is 30.9 Å². The molecule has 2 heterocycles. The molecule has 1 aromatic heterocycles. The second kappa shape index (κ2) is 6.10. The van der Waals surface area contributed by atoms with E-state index in [0.29, 0.717) is 23.0 Å². The van der Waals surface area contributed by atoms with Gasteiger partial charge < -0.3 is 10.6 Å². The molecule has 1 atom stereocenters. The average molecular weight is 319 g/mol. The zero-order valence-corrected chi connectivity index (χ0v) is 13.3. The van der Waals surface area contributed by atoms with Crippen LogP contribution in [0.2, 0.25) is 5.02 Å². The first-order chi connectivity index (χ1) is 10.6.